The van der Waals surface area contributed by atoms with Crippen LogP contribution in [-0.2, 0) is 5.41 Å². The Kier molecular flexibility index (Phi) is 7.79. The third kappa shape index (κ3) is 5.35. The van der Waals surface area contributed by atoms with Gasteiger partial charge in [0.15, 0.2) is 11.6 Å². The van der Waals surface area contributed by atoms with Gasteiger partial charge < -0.3 is 4.42 Å². The van der Waals surface area contributed by atoms with E-state index in [1.165, 1.54) is 22.3 Å². The molecule has 0 unspecified atom stereocenters. The molecule has 0 spiro atoms. The number of nitrogens with zero attached hydrogens (tertiary/aromatic N) is 4. The van der Waals surface area contributed by atoms with E-state index in [0.29, 0.717) is 17.6 Å². The number of aryl methyl sites for hydroxylation is 1. The van der Waals surface area contributed by atoms with Crippen LogP contribution in [0.1, 0.15) is 47.4 Å². The SMILES string of the molecule is C=CC=Cc1oc2c(-c3ccc4c(c3)C=Cc3cc5c(cc3N4c3nc(-c4ccccc4)nc(-c4ccccc4)n3)-c3ccccc3C5(C)C)cccc2c1C. The van der Waals surface area contributed by atoms with Gasteiger partial charge in [-0.25, -0.2) is 4.98 Å². The second-order valence-corrected chi connectivity index (χ2v) is 15.0. The first-order chi connectivity index (χ1) is 27.4. The summed E-state index contributed by atoms with van der Waals surface area (Å²) in [5, 5.41) is 1.09. The van der Waals surface area contributed by atoms with Gasteiger partial charge in [-0.1, -0.05) is 154 Å². The lowest BCUT2D eigenvalue weighted by molar-refractivity contribution is 0.602. The Morgan fingerprint density at radius 1 is 0.607 bits per heavy atom. The van der Waals surface area contributed by atoms with E-state index in [2.05, 4.69) is 117 Å². The molecular formula is C51H38N4O. The number of aromatic nitrogens is 3. The largest absolute Gasteiger partial charge is 0.456 e. The van der Waals surface area contributed by atoms with Crippen molar-refractivity contribution in [3.05, 3.63) is 186 Å². The lowest BCUT2D eigenvalue weighted by Crippen LogP contribution is -2.18. The summed E-state index contributed by atoms with van der Waals surface area (Å²) in [6.45, 7) is 10.6. The van der Waals surface area contributed by atoms with Crippen molar-refractivity contribution in [1.82, 2.24) is 15.0 Å². The Bertz CT molecular complexity index is 2860. The van der Waals surface area contributed by atoms with Crippen molar-refractivity contribution in [2.24, 2.45) is 0 Å². The van der Waals surface area contributed by atoms with Gasteiger partial charge in [0.05, 0.1) is 11.4 Å². The van der Waals surface area contributed by atoms with Crippen LogP contribution in [0.25, 0.3) is 74.2 Å². The minimum Gasteiger partial charge on any atom is -0.456 e. The first-order valence-corrected chi connectivity index (χ1v) is 19.0. The highest BCUT2D eigenvalue weighted by Gasteiger charge is 2.37. The van der Waals surface area contributed by atoms with Crippen LogP contribution in [0.4, 0.5) is 17.3 Å². The number of benzene rings is 6. The Balaban J connectivity index is 1.22. The maximum Gasteiger partial charge on any atom is 0.238 e. The van der Waals surface area contributed by atoms with E-state index >= 15 is 0 Å². The average Bonchev–Trinajstić information content (AvgIpc) is 3.61. The van der Waals surface area contributed by atoms with Crippen LogP contribution in [0.2, 0.25) is 0 Å². The smallest absolute Gasteiger partial charge is 0.238 e. The van der Waals surface area contributed by atoms with Crippen LogP contribution in [0.5, 0.6) is 0 Å². The molecule has 0 amide bonds. The summed E-state index contributed by atoms with van der Waals surface area (Å²) in [7, 11) is 0. The molecule has 2 aromatic heterocycles. The zero-order valence-electron chi connectivity index (χ0n) is 31.5. The van der Waals surface area contributed by atoms with Crippen molar-refractivity contribution in [2.45, 2.75) is 26.2 Å². The average molecular weight is 723 g/mol. The van der Waals surface area contributed by atoms with Crippen LogP contribution < -0.4 is 4.90 Å². The molecule has 2 aliphatic rings. The summed E-state index contributed by atoms with van der Waals surface area (Å²) in [5.74, 6) is 2.60. The zero-order valence-corrected chi connectivity index (χ0v) is 31.5. The maximum atomic E-state index is 6.51. The molecule has 268 valence electrons. The van der Waals surface area contributed by atoms with Gasteiger partial charge in [0.1, 0.15) is 11.3 Å². The van der Waals surface area contributed by atoms with Gasteiger partial charge >= 0.3 is 0 Å². The van der Waals surface area contributed by atoms with Crippen molar-refractivity contribution in [3.8, 4) is 45.0 Å². The second kappa shape index (κ2) is 13.0. The topological polar surface area (TPSA) is 55.1 Å². The van der Waals surface area contributed by atoms with Crippen LogP contribution in [0.3, 0.4) is 0 Å². The lowest BCUT2D eigenvalue weighted by Gasteiger charge is -2.28. The number of allylic oxidation sites excluding steroid dienone is 2. The number of para-hydroxylation sites is 1. The zero-order chi connectivity index (χ0) is 38.0. The molecule has 0 saturated carbocycles. The van der Waals surface area contributed by atoms with E-state index < -0.39 is 0 Å². The Labute approximate surface area is 326 Å². The first kappa shape index (κ1) is 33.5. The molecule has 10 rings (SSSR count). The fourth-order valence-electron chi connectivity index (χ4n) is 8.36. The predicted octanol–water partition coefficient (Wildman–Crippen LogP) is 13.4. The van der Waals surface area contributed by atoms with E-state index in [1.807, 2.05) is 72.8 Å². The minimum absolute atomic E-state index is 0.153. The summed E-state index contributed by atoms with van der Waals surface area (Å²) in [6.07, 6.45) is 10.1. The molecule has 0 saturated heterocycles. The molecule has 8 aromatic rings. The van der Waals surface area contributed by atoms with E-state index in [4.69, 9.17) is 19.4 Å². The Hall–Kier alpha value is -7.11. The fraction of sp³-hybridized carbons (Fsp3) is 0.0784. The normalized spacial score (nSPS) is 13.7. The molecule has 0 radical (unpaired) electrons. The highest BCUT2D eigenvalue weighted by Crippen LogP contribution is 2.53. The summed E-state index contributed by atoms with van der Waals surface area (Å²) in [6, 6.07) is 46.8. The minimum atomic E-state index is -0.153. The summed E-state index contributed by atoms with van der Waals surface area (Å²) in [5.41, 5.74) is 15.0. The third-order valence-electron chi connectivity index (χ3n) is 11.3. The van der Waals surface area contributed by atoms with Crippen molar-refractivity contribution >= 4 is 46.5 Å². The molecule has 3 heterocycles. The number of hydrogen-bond acceptors (Lipinski definition) is 5. The van der Waals surface area contributed by atoms with E-state index in [0.717, 1.165) is 67.0 Å². The van der Waals surface area contributed by atoms with E-state index in [1.54, 1.807) is 6.08 Å². The van der Waals surface area contributed by atoms with Gasteiger partial charge in [0.25, 0.3) is 0 Å². The standard InChI is InChI=1S/C51H38N4O/c1-5-6-24-46-32(2)38-21-15-22-39(47(38)56-46)35-27-28-44-36(29-35)25-26-37-30-43-41(40-20-13-14-23-42(40)51(43,3)4)31-45(37)55(44)50-53-48(33-16-9-7-10-17-33)52-49(54-50)34-18-11-8-12-19-34/h5-31H,1H2,2-4H3. The second-order valence-electron chi connectivity index (χ2n) is 15.0. The van der Waals surface area contributed by atoms with E-state index in [-0.39, 0.29) is 5.41 Å². The number of rotatable bonds is 6. The van der Waals surface area contributed by atoms with Gasteiger partial charge in [-0.2, -0.15) is 9.97 Å². The Morgan fingerprint density at radius 3 is 1.98 bits per heavy atom. The molecule has 56 heavy (non-hydrogen) atoms. The molecule has 1 aliphatic heterocycles. The molecule has 5 heteroatoms. The molecule has 1 aliphatic carbocycles. The van der Waals surface area contributed by atoms with Gasteiger partial charge in [-0.15, -0.1) is 0 Å². The molecule has 0 atom stereocenters. The van der Waals surface area contributed by atoms with Gasteiger partial charge in [0, 0.05) is 33.1 Å². The first-order valence-electron chi connectivity index (χ1n) is 19.0. The molecule has 5 nitrogen and oxygen atoms in total. The predicted molar refractivity (Wildman–Crippen MR) is 231 cm³/mol. The number of fused-ring (bicyclic) bond motifs is 6. The van der Waals surface area contributed by atoms with Crippen molar-refractivity contribution < 1.29 is 4.42 Å². The number of hydrogen-bond donors (Lipinski definition) is 0. The van der Waals surface area contributed by atoms with Gasteiger partial charge in [-0.05, 0) is 76.2 Å². The monoisotopic (exact) mass is 722 g/mol. The van der Waals surface area contributed by atoms with Crippen molar-refractivity contribution in [3.63, 3.8) is 0 Å². The van der Waals surface area contributed by atoms with E-state index in [9.17, 15) is 0 Å². The Morgan fingerprint density at radius 2 is 1.27 bits per heavy atom. The van der Waals surface area contributed by atoms with Crippen LogP contribution in [0.15, 0.2) is 157 Å². The maximum absolute atomic E-state index is 6.51. The third-order valence-corrected chi connectivity index (χ3v) is 11.3. The van der Waals surface area contributed by atoms with Crippen molar-refractivity contribution in [1.29, 1.82) is 0 Å². The van der Waals surface area contributed by atoms with Crippen LogP contribution in [-0.4, -0.2) is 15.0 Å². The van der Waals surface area contributed by atoms with Gasteiger partial charge in [0.2, 0.25) is 5.95 Å². The number of anilines is 3. The van der Waals surface area contributed by atoms with Crippen LogP contribution in [0, 0.1) is 6.92 Å². The molecule has 0 fully saturated rings. The van der Waals surface area contributed by atoms with Crippen LogP contribution >= 0.6 is 0 Å². The molecular weight excluding hydrogens is 685 g/mol. The quantitative estimate of drug-likeness (QED) is 0.160. The highest BCUT2D eigenvalue weighted by atomic mass is 16.3. The summed E-state index contributed by atoms with van der Waals surface area (Å²) < 4.78 is 6.51. The highest BCUT2D eigenvalue weighted by molar-refractivity contribution is 6.00. The summed E-state index contributed by atoms with van der Waals surface area (Å²) >= 11 is 0. The molecule has 6 aromatic carbocycles. The number of furan rings is 1. The van der Waals surface area contributed by atoms with Gasteiger partial charge in [-0.3, -0.25) is 4.90 Å². The van der Waals surface area contributed by atoms with Crippen molar-refractivity contribution in [2.75, 3.05) is 4.90 Å². The molecule has 0 N–H and O–H groups in total. The lowest BCUT2D eigenvalue weighted by atomic mass is 9.82. The summed E-state index contributed by atoms with van der Waals surface area (Å²) in [4.78, 5) is 17.8. The molecule has 0 bridgehead atoms. The fourth-order valence-corrected chi connectivity index (χ4v) is 8.36.